The highest BCUT2D eigenvalue weighted by Gasteiger charge is 2.48. The zero-order valence-electron chi connectivity index (χ0n) is 9.83. The van der Waals surface area contributed by atoms with E-state index in [-0.39, 0.29) is 0 Å². The van der Waals surface area contributed by atoms with Gasteiger partial charge in [0.05, 0.1) is 12.4 Å². The maximum atomic E-state index is 6.14. The van der Waals surface area contributed by atoms with Crippen LogP contribution in [0.3, 0.4) is 0 Å². The van der Waals surface area contributed by atoms with E-state index in [0.717, 1.165) is 23.5 Å². The van der Waals surface area contributed by atoms with Crippen molar-refractivity contribution in [3.63, 3.8) is 0 Å². The van der Waals surface area contributed by atoms with E-state index < -0.39 is 0 Å². The second kappa shape index (κ2) is 3.67. The molecule has 2 atom stereocenters. The van der Waals surface area contributed by atoms with E-state index in [2.05, 4.69) is 14.9 Å². The summed E-state index contributed by atoms with van der Waals surface area (Å²) in [5.74, 6) is 3.21. The smallest absolute Gasteiger partial charge is 0.156 e. The normalized spacial score (nSPS) is 42.7. The van der Waals surface area contributed by atoms with Gasteiger partial charge in [-0.3, -0.25) is 0 Å². The Kier molecular flexibility index (Phi) is 2.12. The van der Waals surface area contributed by atoms with Crippen LogP contribution in [-0.2, 0) is 0 Å². The van der Waals surface area contributed by atoms with Gasteiger partial charge < -0.3 is 9.64 Å². The topological polar surface area (TPSA) is 38.2 Å². The minimum atomic E-state index is 0.397. The van der Waals surface area contributed by atoms with E-state index in [4.69, 9.17) is 4.74 Å². The minimum Gasteiger partial charge on any atom is -0.487 e. The molecule has 4 heterocycles. The van der Waals surface area contributed by atoms with Gasteiger partial charge in [0.1, 0.15) is 12.4 Å². The Bertz CT molecular complexity index is 380. The van der Waals surface area contributed by atoms with Gasteiger partial charge in [0, 0.05) is 31.5 Å². The molecule has 4 fully saturated rings. The molecule has 1 aromatic heterocycles. The van der Waals surface area contributed by atoms with Crippen LogP contribution in [0.1, 0.15) is 12.8 Å². The van der Waals surface area contributed by atoms with Crippen LogP contribution < -0.4 is 4.74 Å². The number of hydrogen-bond acceptors (Lipinski definition) is 4. The molecule has 0 spiro atoms. The molecule has 5 rings (SSSR count). The van der Waals surface area contributed by atoms with Gasteiger partial charge in [0.25, 0.3) is 0 Å². The van der Waals surface area contributed by atoms with Crippen LogP contribution in [0.5, 0.6) is 5.75 Å². The Balaban J connectivity index is 1.55. The molecule has 1 saturated carbocycles. The summed E-state index contributed by atoms with van der Waals surface area (Å²) < 4.78 is 6.14. The summed E-state index contributed by atoms with van der Waals surface area (Å²) in [7, 11) is 0. The van der Waals surface area contributed by atoms with E-state index in [0.29, 0.717) is 6.10 Å². The third-order valence-electron chi connectivity index (χ3n) is 4.51. The lowest BCUT2D eigenvalue weighted by atomic mass is 9.66. The SMILES string of the molecule is c1ncc(OC2[C@H]3CC4C[C@H]2CN(C4)C3)cn1. The van der Waals surface area contributed by atoms with Crippen LogP contribution in [0.2, 0.25) is 0 Å². The highest BCUT2D eigenvalue weighted by atomic mass is 16.5. The van der Waals surface area contributed by atoms with Crippen LogP contribution in [0.15, 0.2) is 18.7 Å². The molecular weight excluding hydrogens is 214 g/mol. The van der Waals surface area contributed by atoms with E-state index in [1.54, 1.807) is 18.7 Å². The number of hydrogen-bond donors (Lipinski definition) is 0. The fourth-order valence-electron chi connectivity index (χ4n) is 4.06. The Labute approximate surface area is 101 Å². The average molecular weight is 231 g/mol. The fourth-order valence-corrected chi connectivity index (χ4v) is 4.06. The number of aromatic nitrogens is 2. The first-order chi connectivity index (χ1) is 8.38. The first-order valence-corrected chi connectivity index (χ1v) is 6.52. The molecule has 4 bridgehead atoms. The minimum absolute atomic E-state index is 0.397. The van der Waals surface area contributed by atoms with Gasteiger partial charge in [-0.05, 0) is 18.8 Å². The highest BCUT2D eigenvalue weighted by molar-refractivity contribution is 5.12. The van der Waals surface area contributed by atoms with E-state index in [9.17, 15) is 0 Å². The van der Waals surface area contributed by atoms with Gasteiger partial charge in [0.2, 0.25) is 0 Å². The van der Waals surface area contributed by atoms with Crippen LogP contribution in [-0.4, -0.2) is 40.6 Å². The Morgan fingerprint density at radius 1 is 1.06 bits per heavy atom. The van der Waals surface area contributed by atoms with Gasteiger partial charge in [-0.15, -0.1) is 0 Å². The molecule has 4 nitrogen and oxygen atoms in total. The van der Waals surface area contributed by atoms with E-state index >= 15 is 0 Å². The summed E-state index contributed by atoms with van der Waals surface area (Å²) in [6, 6.07) is 0. The predicted molar refractivity (Wildman–Crippen MR) is 62.6 cm³/mol. The van der Waals surface area contributed by atoms with Crippen LogP contribution in [0.4, 0.5) is 0 Å². The number of rotatable bonds is 2. The molecule has 0 aromatic carbocycles. The van der Waals surface area contributed by atoms with Crippen molar-refractivity contribution < 1.29 is 4.74 Å². The Morgan fingerprint density at radius 3 is 2.41 bits per heavy atom. The van der Waals surface area contributed by atoms with Crippen LogP contribution >= 0.6 is 0 Å². The molecule has 1 aliphatic carbocycles. The van der Waals surface area contributed by atoms with Crippen molar-refractivity contribution in [1.29, 1.82) is 0 Å². The van der Waals surface area contributed by atoms with Crippen molar-refractivity contribution in [1.82, 2.24) is 14.9 Å². The van der Waals surface area contributed by atoms with Crippen molar-refractivity contribution in [2.24, 2.45) is 17.8 Å². The van der Waals surface area contributed by atoms with E-state index in [1.165, 1.54) is 32.5 Å². The molecule has 90 valence electrons. The van der Waals surface area contributed by atoms with Gasteiger partial charge in [-0.2, -0.15) is 0 Å². The maximum Gasteiger partial charge on any atom is 0.156 e. The van der Waals surface area contributed by atoms with Crippen molar-refractivity contribution >= 4 is 0 Å². The lowest BCUT2D eigenvalue weighted by Gasteiger charge is -2.55. The second-order valence-corrected chi connectivity index (χ2v) is 5.73. The zero-order valence-corrected chi connectivity index (χ0v) is 9.83. The molecular formula is C13H17N3O. The molecule has 4 heteroatoms. The quantitative estimate of drug-likeness (QED) is 0.766. The van der Waals surface area contributed by atoms with Gasteiger partial charge in [-0.25, -0.2) is 9.97 Å². The molecule has 4 aliphatic rings. The highest BCUT2D eigenvalue weighted by Crippen LogP contribution is 2.44. The van der Waals surface area contributed by atoms with Crippen LogP contribution in [0.25, 0.3) is 0 Å². The first-order valence-electron chi connectivity index (χ1n) is 6.52. The summed E-state index contributed by atoms with van der Waals surface area (Å²) in [6.07, 6.45) is 8.21. The lowest BCUT2D eigenvalue weighted by molar-refractivity contribution is -0.0986. The fraction of sp³-hybridized carbons (Fsp3) is 0.692. The molecule has 0 radical (unpaired) electrons. The van der Waals surface area contributed by atoms with Crippen LogP contribution in [0, 0.1) is 17.8 Å². The average Bonchev–Trinajstić information content (AvgIpc) is 2.34. The lowest BCUT2D eigenvalue weighted by Crippen LogP contribution is -2.61. The predicted octanol–water partition coefficient (Wildman–Crippen LogP) is 1.20. The largest absolute Gasteiger partial charge is 0.487 e. The summed E-state index contributed by atoms with van der Waals surface area (Å²) >= 11 is 0. The molecule has 1 aromatic rings. The van der Waals surface area contributed by atoms with Gasteiger partial charge >= 0.3 is 0 Å². The molecule has 0 amide bonds. The summed E-state index contributed by atoms with van der Waals surface area (Å²) in [4.78, 5) is 10.7. The monoisotopic (exact) mass is 231 g/mol. The summed E-state index contributed by atoms with van der Waals surface area (Å²) in [5, 5.41) is 0. The van der Waals surface area contributed by atoms with E-state index in [1.807, 2.05) is 0 Å². The molecule has 0 N–H and O–H groups in total. The molecule has 17 heavy (non-hydrogen) atoms. The van der Waals surface area contributed by atoms with Crippen molar-refractivity contribution in [3.8, 4) is 5.75 Å². The first kappa shape index (κ1) is 9.83. The maximum absolute atomic E-state index is 6.14. The number of ether oxygens (including phenoxy) is 1. The Morgan fingerprint density at radius 2 is 1.76 bits per heavy atom. The second-order valence-electron chi connectivity index (χ2n) is 5.73. The van der Waals surface area contributed by atoms with Crippen molar-refractivity contribution in [3.05, 3.63) is 18.7 Å². The molecule has 3 saturated heterocycles. The number of nitrogens with zero attached hydrogens (tertiary/aromatic N) is 3. The third-order valence-corrected chi connectivity index (χ3v) is 4.51. The summed E-state index contributed by atoms with van der Waals surface area (Å²) in [6.45, 7) is 3.78. The summed E-state index contributed by atoms with van der Waals surface area (Å²) in [5.41, 5.74) is 0. The van der Waals surface area contributed by atoms with Gasteiger partial charge in [-0.1, -0.05) is 0 Å². The van der Waals surface area contributed by atoms with Crippen molar-refractivity contribution in [2.75, 3.05) is 19.6 Å². The molecule has 0 unspecified atom stereocenters. The number of piperidine rings is 3. The third kappa shape index (κ3) is 1.62. The standard InChI is InChI=1S/C13H17N3O/c1-9-2-11-7-16(5-9)6-10(1)13(11)17-12-3-14-8-15-4-12/h3-4,8-11,13H,1-2,5-7H2/t9?,10-,11-,13?/m0/s1. The Hall–Kier alpha value is -1.16. The molecule has 3 aliphatic heterocycles. The van der Waals surface area contributed by atoms with Gasteiger partial charge in [0.15, 0.2) is 5.75 Å². The zero-order chi connectivity index (χ0) is 11.2. The van der Waals surface area contributed by atoms with Crippen molar-refractivity contribution in [2.45, 2.75) is 18.9 Å².